The van der Waals surface area contributed by atoms with Gasteiger partial charge in [0.25, 0.3) is 5.91 Å². The fourth-order valence-electron chi connectivity index (χ4n) is 8.68. The number of halogens is 1. The smallest absolute Gasteiger partial charge is 0.285 e. The summed E-state index contributed by atoms with van der Waals surface area (Å²) in [6.07, 6.45) is 14.4. The number of aromatic nitrogens is 2. The number of carbonyl (C=O) groups is 2. The monoisotopic (exact) mass is 732 g/mol. The lowest BCUT2D eigenvalue weighted by atomic mass is 9.68. The Morgan fingerprint density at radius 3 is 2.82 bits per heavy atom. The number of rotatable bonds is 6. The van der Waals surface area contributed by atoms with Gasteiger partial charge in [-0.25, -0.2) is 4.21 Å². The van der Waals surface area contributed by atoms with Crippen LogP contribution in [0.25, 0.3) is 0 Å². The molecule has 0 N–H and O–H groups in total. The van der Waals surface area contributed by atoms with Crippen molar-refractivity contribution in [2.75, 3.05) is 43.2 Å². The van der Waals surface area contributed by atoms with Crippen LogP contribution in [0, 0.1) is 17.8 Å². The molecule has 3 heterocycles. The summed E-state index contributed by atoms with van der Waals surface area (Å²) < 4.78 is 33.4. The summed E-state index contributed by atoms with van der Waals surface area (Å²) in [5.74, 6) is 0.591. The Morgan fingerprint density at radius 1 is 1.20 bits per heavy atom. The van der Waals surface area contributed by atoms with E-state index in [0.717, 1.165) is 67.2 Å². The standard InChI is InChI=1S/C40H49ClN4O5S/c1-27-6-4-8-37(49-3)34-14-10-31(34)22-45-25-40(17-5-7-29-18-32(41)12-15-35(29)40)26-50-38-16-11-30(19-36(38)45)39(47)43-51(48,23-27)24-33(46)13-9-28-20-42-44(2)21-28/h4,8,11-12,15-16,18-21,27,31,34,37H,5-7,9-10,13-14,17,22-26H2,1-3H3/b8-4+/t27-,31-,34+,37-,40-,51+/m0/s1. The molecule has 6 atom stereocenters. The van der Waals surface area contributed by atoms with Crippen LogP contribution in [-0.2, 0) is 44.6 Å². The number of carbonyl (C=O) groups excluding carboxylic acids is 2. The minimum absolute atomic E-state index is 0.0333. The summed E-state index contributed by atoms with van der Waals surface area (Å²) in [5, 5.41) is 4.93. The third-order valence-corrected chi connectivity index (χ3v) is 14.0. The highest BCUT2D eigenvalue weighted by atomic mass is 35.5. The summed E-state index contributed by atoms with van der Waals surface area (Å²) in [6.45, 7) is 4.06. The second-order valence-corrected chi connectivity index (χ2v) is 18.1. The zero-order chi connectivity index (χ0) is 35.8. The summed E-state index contributed by atoms with van der Waals surface area (Å²) >= 11 is 6.46. The maximum Gasteiger partial charge on any atom is 0.285 e. The maximum absolute atomic E-state index is 14.6. The van der Waals surface area contributed by atoms with Crippen LogP contribution < -0.4 is 9.64 Å². The Hall–Kier alpha value is -3.47. The topological polar surface area (TPSA) is 103 Å². The number of nitrogens with zero attached hydrogens (tertiary/aromatic N) is 4. The molecule has 7 rings (SSSR count). The van der Waals surface area contributed by atoms with Gasteiger partial charge >= 0.3 is 0 Å². The first kappa shape index (κ1) is 35.9. The Labute approximate surface area is 306 Å². The predicted octanol–water partition coefficient (Wildman–Crippen LogP) is 6.99. The van der Waals surface area contributed by atoms with Crippen molar-refractivity contribution in [3.8, 4) is 5.75 Å². The van der Waals surface area contributed by atoms with E-state index >= 15 is 0 Å². The number of hydrogen-bond donors (Lipinski definition) is 0. The summed E-state index contributed by atoms with van der Waals surface area (Å²) in [7, 11) is 0.403. The SMILES string of the molecule is CO[C@H]1/C=C/C[C@H](C)C[S@@](=O)(CC(=O)CCc2cnn(C)c2)=NC(=O)c2ccc3c(c2)N(C[C@@H]2CC[C@H]21)C[C@@]1(CCCc2cc(Cl)ccc21)CO3. The molecule has 1 saturated carbocycles. The fourth-order valence-corrected chi connectivity index (χ4v) is 11.2. The first-order valence-corrected chi connectivity index (χ1v) is 20.5. The quantitative estimate of drug-likeness (QED) is 0.252. The van der Waals surface area contributed by atoms with Crippen LogP contribution in [-0.4, -0.2) is 70.1 Å². The van der Waals surface area contributed by atoms with Crippen LogP contribution in [0.15, 0.2) is 65.3 Å². The molecule has 1 amide bonds. The second kappa shape index (κ2) is 14.9. The number of aryl methyl sites for hydroxylation is 3. The highest BCUT2D eigenvalue weighted by Gasteiger charge is 2.44. The van der Waals surface area contributed by atoms with Crippen LogP contribution in [0.2, 0.25) is 5.02 Å². The van der Waals surface area contributed by atoms with E-state index in [4.69, 9.17) is 21.1 Å². The van der Waals surface area contributed by atoms with E-state index in [-0.39, 0.29) is 41.1 Å². The van der Waals surface area contributed by atoms with Gasteiger partial charge in [-0.15, -0.1) is 0 Å². The molecule has 51 heavy (non-hydrogen) atoms. The molecule has 0 unspecified atom stereocenters. The lowest BCUT2D eigenvalue weighted by molar-refractivity contribution is -0.116. The van der Waals surface area contributed by atoms with Gasteiger partial charge < -0.3 is 14.4 Å². The molecule has 3 aromatic rings. The fraction of sp³-hybridized carbons (Fsp3) is 0.525. The van der Waals surface area contributed by atoms with Gasteiger partial charge in [0.05, 0.1) is 40.1 Å². The normalized spacial score (nSPS) is 29.9. The van der Waals surface area contributed by atoms with Crippen molar-refractivity contribution < 1.29 is 23.3 Å². The average Bonchev–Trinajstić information content (AvgIpc) is 3.44. The van der Waals surface area contributed by atoms with E-state index in [1.165, 1.54) is 11.1 Å². The highest BCUT2D eigenvalue weighted by molar-refractivity contribution is 7.94. The number of amides is 1. The number of allylic oxidation sites excluding steroid dienone is 1. The number of hydrogen-bond acceptors (Lipinski definition) is 7. The van der Waals surface area contributed by atoms with E-state index in [0.29, 0.717) is 36.8 Å². The van der Waals surface area contributed by atoms with E-state index in [2.05, 4.69) is 38.6 Å². The third-order valence-electron chi connectivity index (χ3n) is 11.4. The molecule has 0 radical (unpaired) electrons. The molecule has 4 aliphatic rings. The number of ether oxygens (including phenoxy) is 2. The van der Waals surface area contributed by atoms with Gasteiger partial charge in [0.15, 0.2) is 0 Å². The van der Waals surface area contributed by atoms with Crippen molar-refractivity contribution >= 4 is 38.7 Å². The zero-order valence-corrected chi connectivity index (χ0v) is 31.5. The zero-order valence-electron chi connectivity index (χ0n) is 29.9. The molecular weight excluding hydrogens is 684 g/mol. The number of benzene rings is 2. The molecule has 1 spiro atoms. The lowest BCUT2D eigenvalue weighted by Crippen LogP contribution is -2.49. The van der Waals surface area contributed by atoms with E-state index in [1.807, 2.05) is 38.4 Å². The van der Waals surface area contributed by atoms with Gasteiger partial charge in [-0.2, -0.15) is 9.46 Å². The minimum atomic E-state index is -3.21. The van der Waals surface area contributed by atoms with E-state index in [1.54, 1.807) is 24.1 Å². The van der Waals surface area contributed by atoms with Crippen LogP contribution in [0.4, 0.5) is 5.69 Å². The van der Waals surface area contributed by atoms with Crippen LogP contribution in [0.5, 0.6) is 5.75 Å². The second-order valence-electron chi connectivity index (χ2n) is 15.3. The van der Waals surface area contributed by atoms with Crippen LogP contribution in [0.1, 0.15) is 72.5 Å². The third kappa shape index (κ3) is 7.83. The Kier molecular flexibility index (Phi) is 10.5. The molecule has 272 valence electrons. The number of anilines is 1. The maximum atomic E-state index is 14.6. The van der Waals surface area contributed by atoms with Crippen molar-refractivity contribution in [1.29, 1.82) is 0 Å². The van der Waals surface area contributed by atoms with Crippen molar-refractivity contribution in [2.24, 2.45) is 29.2 Å². The largest absolute Gasteiger partial charge is 0.490 e. The first-order valence-electron chi connectivity index (χ1n) is 18.3. The number of methoxy groups -OCH3 is 1. The van der Waals surface area contributed by atoms with Crippen molar-refractivity contribution in [1.82, 2.24) is 9.78 Å². The number of fused-ring (bicyclic) bond motifs is 4. The van der Waals surface area contributed by atoms with Crippen molar-refractivity contribution in [2.45, 2.75) is 69.8 Å². The van der Waals surface area contributed by atoms with Crippen LogP contribution in [0.3, 0.4) is 0 Å². The average molecular weight is 733 g/mol. The van der Waals surface area contributed by atoms with E-state index in [9.17, 15) is 13.8 Å². The Morgan fingerprint density at radius 2 is 2.06 bits per heavy atom. The summed E-state index contributed by atoms with van der Waals surface area (Å²) in [6, 6.07) is 11.7. The number of Topliss-reactive ketones (excluding diaryl/α,β-unsaturated/α-hetero) is 1. The molecular formula is C40H49ClN4O5S. The molecule has 2 aliphatic heterocycles. The van der Waals surface area contributed by atoms with Gasteiger partial charge in [0.1, 0.15) is 11.5 Å². The van der Waals surface area contributed by atoms with Gasteiger partial charge in [-0.1, -0.05) is 36.7 Å². The molecule has 2 aliphatic carbocycles. The molecule has 9 nitrogen and oxygen atoms in total. The van der Waals surface area contributed by atoms with E-state index < -0.39 is 15.6 Å². The molecule has 0 saturated heterocycles. The lowest BCUT2D eigenvalue weighted by Gasteiger charge is -2.46. The molecule has 1 fully saturated rings. The Bertz CT molecular complexity index is 1950. The first-order chi connectivity index (χ1) is 24.5. The van der Waals surface area contributed by atoms with Gasteiger partial charge in [-0.05, 0) is 110 Å². The van der Waals surface area contributed by atoms with Gasteiger partial charge in [0.2, 0.25) is 0 Å². The number of ketones is 1. The molecule has 2 aromatic carbocycles. The van der Waals surface area contributed by atoms with Gasteiger partial charge in [-0.3, -0.25) is 14.3 Å². The summed E-state index contributed by atoms with van der Waals surface area (Å²) in [4.78, 5) is 29.7. The summed E-state index contributed by atoms with van der Waals surface area (Å²) in [5.41, 5.74) is 4.46. The molecule has 1 aromatic heterocycles. The highest BCUT2D eigenvalue weighted by Crippen LogP contribution is 2.47. The predicted molar refractivity (Wildman–Crippen MR) is 201 cm³/mol. The van der Waals surface area contributed by atoms with Crippen molar-refractivity contribution in [3.63, 3.8) is 0 Å². The molecule has 2 bridgehead atoms. The molecule has 11 heteroatoms. The minimum Gasteiger partial charge on any atom is -0.490 e. The Balaban J connectivity index is 1.25. The van der Waals surface area contributed by atoms with Crippen molar-refractivity contribution in [3.05, 3.63) is 88.2 Å². The van der Waals surface area contributed by atoms with Crippen LogP contribution >= 0.6 is 11.6 Å². The van der Waals surface area contributed by atoms with Gasteiger partial charge in [0, 0.05) is 61.6 Å².